The molecule has 0 saturated heterocycles. The minimum absolute atomic E-state index is 0.0115. The van der Waals surface area contributed by atoms with E-state index in [1.165, 1.54) is 12.1 Å². The van der Waals surface area contributed by atoms with Crippen molar-refractivity contribution in [1.82, 2.24) is 4.72 Å². The Balaban J connectivity index is 3.22. The van der Waals surface area contributed by atoms with E-state index in [0.29, 0.717) is 23.6 Å². The predicted octanol–water partition coefficient (Wildman–Crippen LogP) is 2.14. The van der Waals surface area contributed by atoms with E-state index < -0.39 is 10.0 Å². The van der Waals surface area contributed by atoms with Gasteiger partial charge in [-0.25, -0.2) is 13.1 Å². The molecule has 1 rings (SSSR count). The highest BCUT2D eigenvalue weighted by atomic mass is 35.5. The first-order chi connectivity index (χ1) is 7.92. The van der Waals surface area contributed by atoms with Crippen molar-refractivity contribution >= 4 is 33.2 Å². The number of sulfonamides is 1. The normalized spacial score (nSPS) is 11.8. The highest BCUT2D eigenvalue weighted by molar-refractivity contribution is 7.89. The van der Waals surface area contributed by atoms with Crippen LogP contribution in [0.1, 0.15) is 18.9 Å². The molecule has 0 fully saturated rings. The molecule has 0 aliphatic heterocycles. The van der Waals surface area contributed by atoms with E-state index in [9.17, 15) is 8.42 Å². The molecular weight excluding hydrogens is 283 g/mol. The van der Waals surface area contributed by atoms with E-state index in [1.807, 2.05) is 6.92 Å². The first kappa shape index (κ1) is 14.7. The summed E-state index contributed by atoms with van der Waals surface area (Å²) in [5, 5.41) is 0.461. The standard InChI is InChI=1S/C10H14Cl2N2O2S/c1-2-3-14-17(15,16)10-4-7(6-13)8(11)5-9(10)12/h4-5,14H,2-3,6,13H2,1H3. The number of benzene rings is 1. The second-order valence-corrected chi connectivity index (χ2v) is 6.03. The van der Waals surface area contributed by atoms with Crippen molar-refractivity contribution in [2.24, 2.45) is 5.73 Å². The number of nitrogens with one attached hydrogen (secondary N) is 1. The average Bonchev–Trinajstić information content (AvgIpc) is 2.26. The lowest BCUT2D eigenvalue weighted by atomic mass is 10.2. The lowest BCUT2D eigenvalue weighted by molar-refractivity contribution is 0.580. The Labute approximate surface area is 111 Å². The maximum absolute atomic E-state index is 11.9. The fourth-order valence-electron chi connectivity index (χ4n) is 1.25. The second kappa shape index (κ2) is 6.02. The molecule has 0 saturated carbocycles. The van der Waals surface area contributed by atoms with Crippen LogP contribution in [0.4, 0.5) is 0 Å². The summed E-state index contributed by atoms with van der Waals surface area (Å²) in [7, 11) is -3.60. The van der Waals surface area contributed by atoms with Crippen LogP contribution in [0, 0.1) is 0 Å². The van der Waals surface area contributed by atoms with Gasteiger partial charge in [-0.05, 0) is 24.1 Å². The zero-order valence-electron chi connectivity index (χ0n) is 9.33. The average molecular weight is 297 g/mol. The van der Waals surface area contributed by atoms with E-state index in [1.54, 1.807) is 0 Å². The fourth-order valence-corrected chi connectivity index (χ4v) is 3.25. The molecule has 0 aliphatic rings. The van der Waals surface area contributed by atoms with Crippen LogP contribution in [0.15, 0.2) is 17.0 Å². The molecule has 7 heteroatoms. The molecule has 17 heavy (non-hydrogen) atoms. The maximum Gasteiger partial charge on any atom is 0.242 e. The van der Waals surface area contributed by atoms with Crippen LogP contribution in [0.5, 0.6) is 0 Å². The van der Waals surface area contributed by atoms with Crippen molar-refractivity contribution in [3.05, 3.63) is 27.7 Å². The summed E-state index contributed by atoms with van der Waals surface area (Å²) in [6.07, 6.45) is 0.703. The van der Waals surface area contributed by atoms with Gasteiger partial charge in [-0.1, -0.05) is 30.1 Å². The third-order valence-corrected chi connectivity index (χ3v) is 4.43. The van der Waals surface area contributed by atoms with Gasteiger partial charge in [-0.3, -0.25) is 0 Å². The number of halogens is 2. The van der Waals surface area contributed by atoms with Gasteiger partial charge >= 0.3 is 0 Å². The van der Waals surface area contributed by atoms with Gasteiger partial charge in [-0.2, -0.15) is 0 Å². The van der Waals surface area contributed by atoms with Gasteiger partial charge in [0.1, 0.15) is 4.90 Å². The largest absolute Gasteiger partial charge is 0.326 e. The summed E-state index contributed by atoms with van der Waals surface area (Å²) < 4.78 is 26.3. The first-order valence-electron chi connectivity index (χ1n) is 5.10. The summed E-state index contributed by atoms with van der Waals surface area (Å²) in [5.41, 5.74) is 6.02. The number of hydrogen-bond acceptors (Lipinski definition) is 3. The Hall–Kier alpha value is -0.330. The number of hydrogen-bond donors (Lipinski definition) is 2. The van der Waals surface area contributed by atoms with Crippen molar-refractivity contribution in [3.63, 3.8) is 0 Å². The van der Waals surface area contributed by atoms with Crippen molar-refractivity contribution in [2.45, 2.75) is 24.8 Å². The van der Waals surface area contributed by atoms with Crippen molar-refractivity contribution in [1.29, 1.82) is 0 Å². The van der Waals surface area contributed by atoms with Gasteiger partial charge in [0.15, 0.2) is 0 Å². The zero-order valence-corrected chi connectivity index (χ0v) is 11.7. The summed E-state index contributed by atoms with van der Waals surface area (Å²) >= 11 is 11.8. The van der Waals surface area contributed by atoms with Gasteiger partial charge < -0.3 is 5.73 Å². The molecule has 0 unspecified atom stereocenters. The molecule has 1 aromatic carbocycles. The Bertz CT molecular complexity index is 503. The summed E-state index contributed by atoms with van der Waals surface area (Å²) in [6, 6.07) is 2.80. The second-order valence-electron chi connectivity index (χ2n) is 3.48. The van der Waals surface area contributed by atoms with E-state index in [2.05, 4.69) is 4.72 Å². The molecular formula is C10H14Cl2N2O2S. The van der Waals surface area contributed by atoms with E-state index in [0.717, 1.165) is 0 Å². The molecule has 0 bridgehead atoms. The molecule has 0 spiro atoms. The molecule has 0 aromatic heterocycles. The van der Waals surface area contributed by atoms with Crippen LogP contribution in [0.2, 0.25) is 10.0 Å². The van der Waals surface area contributed by atoms with Crippen LogP contribution in [0.3, 0.4) is 0 Å². The minimum atomic E-state index is -3.60. The fraction of sp³-hybridized carbons (Fsp3) is 0.400. The third-order valence-electron chi connectivity index (χ3n) is 2.15. The topological polar surface area (TPSA) is 72.2 Å². The van der Waals surface area contributed by atoms with Gasteiger partial charge in [0.2, 0.25) is 10.0 Å². The first-order valence-corrected chi connectivity index (χ1v) is 7.34. The van der Waals surface area contributed by atoms with Crippen LogP contribution < -0.4 is 10.5 Å². The third kappa shape index (κ3) is 3.56. The Morgan fingerprint density at radius 3 is 2.47 bits per heavy atom. The van der Waals surface area contributed by atoms with Crippen LogP contribution in [0.25, 0.3) is 0 Å². The highest BCUT2D eigenvalue weighted by Gasteiger charge is 2.19. The van der Waals surface area contributed by atoms with E-state index in [-0.39, 0.29) is 16.5 Å². The predicted molar refractivity (Wildman–Crippen MR) is 69.8 cm³/mol. The summed E-state index contributed by atoms with van der Waals surface area (Å²) in [5.74, 6) is 0. The monoisotopic (exact) mass is 296 g/mol. The number of nitrogens with two attached hydrogens (primary N) is 1. The number of rotatable bonds is 5. The lowest BCUT2D eigenvalue weighted by Crippen LogP contribution is -2.25. The van der Waals surface area contributed by atoms with Crippen LogP contribution in [-0.4, -0.2) is 15.0 Å². The Morgan fingerprint density at radius 2 is 1.94 bits per heavy atom. The van der Waals surface area contributed by atoms with Gasteiger partial charge in [0, 0.05) is 18.1 Å². The Morgan fingerprint density at radius 1 is 1.29 bits per heavy atom. The SMILES string of the molecule is CCCNS(=O)(=O)c1cc(CN)c(Cl)cc1Cl. The molecule has 0 atom stereocenters. The van der Waals surface area contributed by atoms with Crippen molar-refractivity contribution < 1.29 is 8.42 Å². The Kier molecular flexibility index (Phi) is 5.22. The van der Waals surface area contributed by atoms with Crippen LogP contribution >= 0.6 is 23.2 Å². The molecule has 0 radical (unpaired) electrons. The molecule has 4 nitrogen and oxygen atoms in total. The lowest BCUT2D eigenvalue weighted by Gasteiger charge is -2.10. The van der Waals surface area contributed by atoms with Crippen molar-refractivity contribution in [3.8, 4) is 0 Å². The molecule has 0 aliphatic carbocycles. The van der Waals surface area contributed by atoms with E-state index in [4.69, 9.17) is 28.9 Å². The van der Waals surface area contributed by atoms with Gasteiger partial charge in [0.05, 0.1) is 5.02 Å². The van der Waals surface area contributed by atoms with E-state index >= 15 is 0 Å². The van der Waals surface area contributed by atoms with Gasteiger partial charge in [-0.15, -0.1) is 0 Å². The molecule has 1 aromatic rings. The summed E-state index contributed by atoms with van der Waals surface area (Å²) in [4.78, 5) is 0.0115. The summed E-state index contributed by atoms with van der Waals surface area (Å²) in [6.45, 7) is 2.39. The quantitative estimate of drug-likeness (QED) is 0.874. The molecule has 3 N–H and O–H groups in total. The molecule has 0 heterocycles. The van der Waals surface area contributed by atoms with Crippen LogP contribution in [-0.2, 0) is 16.6 Å². The van der Waals surface area contributed by atoms with Gasteiger partial charge in [0.25, 0.3) is 0 Å². The highest BCUT2D eigenvalue weighted by Crippen LogP contribution is 2.28. The molecule has 0 amide bonds. The van der Waals surface area contributed by atoms with Crippen molar-refractivity contribution in [2.75, 3.05) is 6.54 Å². The smallest absolute Gasteiger partial charge is 0.242 e. The zero-order chi connectivity index (χ0) is 13.1. The minimum Gasteiger partial charge on any atom is -0.326 e. The maximum atomic E-state index is 11.9. The molecule has 96 valence electrons.